The summed E-state index contributed by atoms with van der Waals surface area (Å²) in [4.78, 5) is 25.0. The van der Waals surface area contributed by atoms with E-state index in [2.05, 4.69) is 37.6 Å². The maximum Gasteiger partial charge on any atom is 0.254 e. The highest BCUT2D eigenvalue weighted by molar-refractivity contribution is 5.70. The highest BCUT2D eigenvalue weighted by Gasteiger charge is 2.37. The zero-order chi connectivity index (χ0) is 23.5. The summed E-state index contributed by atoms with van der Waals surface area (Å²) in [7, 11) is 1.67. The number of methoxy groups -OCH3 is 1. The summed E-state index contributed by atoms with van der Waals surface area (Å²) in [5.41, 5.74) is 2.59. The van der Waals surface area contributed by atoms with E-state index in [9.17, 15) is 4.79 Å². The van der Waals surface area contributed by atoms with Gasteiger partial charge in [-0.15, -0.1) is 0 Å². The van der Waals surface area contributed by atoms with E-state index < -0.39 is 6.10 Å². The van der Waals surface area contributed by atoms with Gasteiger partial charge in [0.15, 0.2) is 5.75 Å². The molecule has 32 heavy (non-hydrogen) atoms. The fraction of sp³-hybridized carbons (Fsp3) is 0.583. The number of aromatic amines is 1. The van der Waals surface area contributed by atoms with Crippen LogP contribution >= 0.6 is 0 Å². The van der Waals surface area contributed by atoms with Gasteiger partial charge in [0.1, 0.15) is 23.7 Å². The molecule has 0 saturated carbocycles. The molecule has 2 unspecified atom stereocenters. The first-order chi connectivity index (χ1) is 15.2. The second-order valence-electron chi connectivity index (χ2n) is 9.22. The number of hydrogen-bond acceptors (Lipinski definition) is 7. The zero-order valence-electron chi connectivity index (χ0n) is 19.8. The number of pyridine rings is 2. The van der Waals surface area contributed by atoms with Crippen LogP contribution in [0.1, 0.15) is 76.5 Å². The van der Waals surface area contributed by atoms with E-state index in [1.54, 1.807) is 20.1 Å². The number of aryl methyl sites for hydroxylation is 1. The van der Waals surface area contributed by atoms with Crippen molar-refractivity contribution in [2.75, 3.05) is 20.3 Å². The van der Waals surface area contributed by atoms with Crippen LogP contribution in [0.15, 0.2) is 16.9 Å². The topological polar surface area (TPSA) is 103 Å². The molecule has 2 aromatic heterocycles. The molecule has 2 N–H and O–H groups in total. The SMILES string of the molecule is CCCc1nc2c(cc1OCCCOC)OC(C(C)(C)C)c1cc(C(C)OO)c(=O)[nH]c1-2. The van der Waals surface area contributed by atoms with E-state index in [1.807, 2.05) is 6.07 Å². The molecule has 0 aliphatic carbocycles. The van der Waals surface area contributed by atoms with Crippen LogP contribution in [0.2, 0.25) is 0 Å². The van der Waals surface area contributed by atoms with Crippen LogP contribution in [0.5, 0.6) is 11.5 Å². The van der Waals surface area contributed by atoms with Crippen molar-refractivity contribution in [1.29, 1.82) is 0 Å². The van der Waals surface area contributed by atoms with E-state index in [0.29, 0.717) is 41.7 Å². The maximum absolute atomic E-state index is 12.8. The normalized spacial score (nSPS) is 16.2. The lowest BCUT2D eigenvalue weighted by Crippen LogP contribution is -2.30. The lowest BCUT2D eigenvalue weighted by atomic mass is 9.81. The van der Waals surface area contributed by atoms with E-state index in [1.165, 1.54) is 0 Å². The van der Waals surface area contributed by atoms with E-state index in [4.69, 9.17) is 24.5 Å². The molecule has 0 saturated heterocycles. The van der Waals surface area contributed by atoms with Gasteiger partial charge < -0.3 is 19.2 Å². The predicted molar refractivity (Wildman–Crippen MR) is 121 cm³/mol. The molecule has 2 atom stereocenters. The van der Waals surface area contributed by atoms with E-state index in [-0.39, 0.29) is 17.1 Å². The van der Waals surface area contributed by atoms with Gasteiger partial charge in [-0.25, -0.2) is 9.87 Å². The third-order valence-corrected chi connectivity index (χ3v) is 5.51. The molecule has 0 bridgehead atoms. The highest BCUT2D eigenvalue weighted by atomic mass is 17.1. The average molecular weight is 447 g/mol. The zero-order valence-corrected chi connectivity index (χ0v) is 19.8. The van der Waals surface area contributed by atoms with Crippen LogP contribution in [0.4, 0.5) is 0 Å². The first-order valence-corrected chi connectivity index (χ1v) is 11.1. The lowest BCUT2D eigenvalue weighted by Gasteiger charge is -2.36. The Bertz CT molecular complexity index is 995. The molecule has 8 heteroatoms. The standard InChI is InChI=1S/C24H34N2O6/c1-7-9-17-18(30-11-8-10-29-6)13-19-21(25-17)20-16(22(31-19)24(3,4)5)12-15(14(2)32-28)23(27)26-20/h12-14,22,28H,7-11H2,1-6H3,(H,26,27). The molecule has 176 valence electrons. The number of rotatable bonds is 9. The molecule has 3 rings (SSSR count). The van der Waals surface area contributed by atoms with Gasteiger partial charge in [0, 0.05) is 42.7 Å². The van der Waals surface area contributed by atoms with Crippen molar-refractivity contribution in [3.8, 4) is 22.9 Å². The molecule has 0 aromatic carbocycles. The Morgan fingerprint density at radius 3 is 2.66 bits per heavy atom. The first-order valence-electron chi connectivity index (χ1n) is 11.1. The first kappa shape index (κ1) is 24.2. The van der Waals surface area contributed by atoms with Crippen LogP contribution in [0.25, 0.3) is 11.4 Å². The van der Waals surface area contributed by atoms with Crippen molar-refractivity contribution in [3.05, 3.63) is 39.3 Å². The molecule has 8 nitrogen and oxygen atoms in total. The van der Waals surface area contributed by atoms with Gasteiger partial charge in [0.2, 0.25) is 0 Å². The van der Waals surface area contributed by atoms with Crippen molar-refractivity contribution in [1.82, 2.24) is 9.97 Å². The smallest absolute Gasteiger partial charge is 0.254 e. The summed E-state index contributed by atoms with van der Waals surface area (Å²) >= 11 is 0. The number of ether oxygens (including phenoxy) is 3. The third kappa shape index (κ3) is 4.98. The van der Waals surface area contributed by atoms with Gasteiger partial charge in [-0.2, -0.15) is 0 Å². The molecule has 0 radical (unpaired) electrons. The van der Waals surface area contributed by atoms with E-state index >= 15 is 0 Å². The second kappa shape index (κ2) is 10.0. The van der Waals surface area contributed by atoms with Gasteiger partial charge in [-0.05, 0) is 19.4 Å². The second-order valence-corrected chi connectivity index (χ2v) is 9.22. The third-order valence-electron chi connectivity index (χ3n) is 5.51. The molecular formula is C24H34N2O6. The summed E-state index contributed by atoms with van der Waals surface area (Å²) in [6, 6.07) is 3.64. The number of hydrogen-bond donors (Lipinski definition) is 2. The number of H-pyrrole nitrogens is 1. The Kier molecular flexibility index (Phi) is 7.59. The minimum absolute atomic E-state index is 0.271. The summed E-state index contributed by atoms with van der Waals surface area (Å²) in [6.07, 6.45) is 1.31. The fourth-order valence-corrected chi connectivity index (χ4v) is 3.87. The van der Waals surface area contributed by atoms with Crippen molar-refractivity contribution in [2.45, 2.75) is 66.1 Å². The van der Waals surface area contributed by atoms with Gasteiger partial charge in [-0.3, -0.25) is 10.1 Å². The van der Waals surface area contributed by atoms with Gasteiger partial charge in [0.05, 0.1) is 18.0 Å². The van der Waals surface area contributed by atoms with Crippen LogP contribution in [-0.2, 0) is 16.0 Å². The lowest BCUT2D eigenvalue weighted by molar-refractivity contribution is -0.277. The molecule has 1 aliphatic heterocycles. The Morgan fingerprint density at radius 2 is 2.03 bits per heavy atom. The highest BCUT2D eigenvalue weighted by Crippen LogP contribution is 2.48. The minimum Gasteiger partial charge on any atom is -0.491 e. The van der Waals surface area contributed by atoms with Gasteiger partial charge >= 0.3 is 0 Å². The summed E-state index contributed by atoms with van der Waals surface area (Å²) in [5.74, 6) is 1.27. The van der Waals surface area contributed by atoms with Crippen LogP contribution in [0.3, 0.4) is 0 Å². The maximum atomic E-state index is 12.8. The van der Waals surface area contributed by atoms with Crippen molar-refractivity contribution in [3.63, 3.8) is 0 Å². The quantitative estimate of drug-likeness (QED) is 0.323. The summed E-state index contributed by atoms with van der Waals surface area (Å²) in [6.45, 7) is 11.1. The fourth-order valence-electron chi connectivity index (χ4n) is 3.87. The van der Waals surface area contributed by atoms with Crippen molar-refractivity contribution < 1.29 is 24.4 Å². The van der Waals surface area contributed by atoms with Crippen LogP contribution in [0, 0.1) is 5.41 Å². The Hall–Kier alpha value is -2.42. The van der Waals surface area contributed by atoms with E-state index in [0.717, 1.165) is 30.5 Å². The molecule has 3 heterocycles. The molecule has 1 aliphatic rings. The number of aromatic nitrogens is 2. The summed E-state index contributed by atoms with van der Waals surface area (Å²) in [5, 5.41) is 9.11. The molecule has 0 spiro atoms. The van der Waals surface area contributed by atoms with Crippen LogP contribution < -0.4 is 15.0 Å². The van der Waals surface area contributed by atoms with Crippen LogP contribution in [-0.4, -0.2) is 35.5 Å². The monoisotopic (exact) mass is 446 g/mol. The molecule has 0 fully saturated rings. The Morgan fingerprint density at radius 1 is 1.28 bits per heavy atom. The largest absolute Gasteiger partial charge is 0.491 e. The Labute approximate surface area is 188 Å². The van der Waals surface area contributed by atoms with Gasteiger partial charge in [-0.1, -0.05) is 34.1 Å². The molecular weight excluding hydrogens is 412 g/mol. The molecule has 0 amide bonds. The van der Waals surface area contributed by atoms with Crippen molar-refractivity contribution >= 4 is 0 Å². The average Bonchev–Trinajstić information content (AvgIpc) is 2.75. The van der Waals surface area contributed by atoms with Crippen molar-refractivity contribution in [2.24, 2.45) is 5.41 Å². The minimum atomic E-state index is -0.766. The Balaban J connectivity index is 2.14. The number of nitrogens with zero attached hydrogens (tertiary/aromatic N) is 1. The molecule has 2 aromatic rings. The summed E-state index contributed by atoms with van der Waals surface area (Å²) < 4.78 is 17.6. The van der Waals surface area contributed by atoms with Gasteiger partial charge in [0.25, 0.3) is 5.56 Å². The predicted octanol–water partition coefficient (Wildman–Crippen LogP) is 4.83. The number of nitrogens with one attached hydrogen (secondary N) is 1. The number of fused-ring (bicyclic) bond motifs is 3.